The first-order valence-corrected chi connectivity index (χ1v) is 4.50. The maximum atomic E-state index is 5.82. The van der Waals surface area contributed by atoms with Crippen molar-refractivity contribution < 1.29 is 4.74 Å². The van der Waals surface area contributed by atoms with Crippen LogP contribution in [0.1, 0.15) is 0 Å². The molecule has 0 aliphatic carbocycles. The molecule has 0 fully saturated rings. The van der Waals surface area contributed by atoms with Crippen LogP contribution in [-0.4, -0.2) is 21.9 Å². The monoisotopic (exact) mass is 204 g/mol. The van der Waals surface area contributed by atoms with Crippen LogP contribution < -0.4 is 10.5 Å². The van der Waals surface area contributed by atoms with E-state index in [9.17, 15) is 0 Å². The number of hydrogen-bond donors (Lipinski definition) is 1. The lowest BCUT2D eigenvalue weighted by molar-refractivity contribution is 0.398. The van der Waals surface area contributed by atoms with Gasteiger partial charge in [0.05, 0.1) is 24.7 Å². The minimum Gasteiger partial charge on any atom is -0.481 e. The first-order valence-electron chi connectivity index (χ1n) is 4.50. The van der Waals surface area contributed by atoms with Gasteiger partial charge in [-0.25, -0.2) is 4.98 Å². The van der Waals surface area contributed by atoms with Crippen molar-refractivity contribution in [3.8, 4) is 17.1 Å². The molecule has 0 atom stereocenters. The van der Waals surface area contributed by atoms with Gasteiger partial charge in [0.25, 0.3) is 0 Å². The molecule has 2 N–H and O–H groups in total. The summed E-state index contributed by atoms with van der Waals surface area (Å²) in [6, 6.07) is 3.70. The highest BCUT2D eigenvalue weighted by Gasteiger charge is 2.08. The SMILES string of the molecule is COc1cc(-c2c(N)cnn2C)ccn1. The molecule has 0 aliphatic rings. The number of hydrogen-bond acceptors (Lipinski definition) is 4. The summed E-state index contributed by atoms with van der Waals surface area (Å²) in [5, 5.41) is 4.08. The van der Waals surface area contributed by atoms with Crippen molar-refractivity contribution in [3.63, 3.8) is 0 Å². The average molecular weight is 204 g/mol. The van der Waals surface area contributed by atoms with Crippen LogP contribution in [-0.2, 0) is 7.05 Å². The molecule has 2 aromatic heterocycles. The van der Waals surface area contributed by atoms with E-state index in [1.54, 1.807) is 24.2 Å². The van der Waals surface area contributed by atoms with E-state index in [1.807, 2.05) is 19.2 Å². The van der Waals surface area contributed by atoms with E-state index in [4.69, 9.17) is 10.5 Å². The molecule has 5 heteroatoms. The van der Waals surface area contributed by atoms with Gasteiger partial charge in [0.2, 0.25) is 5.88 Å². The average Bonchev–Trinajstić information content (AvgIpc) is 2.59. The summed E-state index contributed by atoms with van der Waals surface area (Å²) >= 11 is 0. The molecule has 0 spiro atoms. The maximum Gasteiger partial charge on any atom is 0.213 e. The number of rotatable bonds is 2. The fourth-order valence-electron chi connectivity index (χ4n) is 1.48. The Hall–Kier alpha value is -2.04. The summed E-state index contributed by atoms with van der Waals surface area (Å²) < 4.78 is 6.78. The van der Waals surface area contributed by atoms with Crippen LogP contribution in [0.5, 0.6) is 5.88 Å². The fraction of sp³-hybridized carbons (Fsp3) is 0.200. The molecule has 0 saturated heterocycles. The van der Waals surface area contributed by atoms with Gasteiger partial charge in [0, 0.05) is 24.9 Å². The third kappa shape index (κ3) is 1.63. The van der Waals surface area contributed by atoms with E-state index in [1.165, 1.54) is 0 Å². The van der Waals surface area contributed by atoms with E-state index in [0.29, 0.717) is 11.6 Å². The summed E-state index contributed by atoms with van der Waals surface area (Å²) in [5.74, 6) is 0.563. The highest BCUT2D eigenvalue weighted by molar-refractivity contribution is 5.72. The Morgan fingerprint density at radius 1 is 1.47 bits per heavy atom. The minimum atomic E-state index is 0.563. The zero-order valence-electron chi connectivity index (χ0n) is 8.64. The highest BCUT2D eigenvalue weighted by Crippen LogP contribution is 2.26. The third-order valence-electron chi connectivity index (χ3n) is 2.18. The Balaban J connectivity index is 2.53. The first kappa shape index (κ1) is 9.51. The summed E-state index contributed by atoms with van der Waals surface area (Å²) in [4.78, 5) is 4.03. The predicted molar refractivity (Wildman–Crippen MR) is 57.4 cm³/mol. The quantitative estimate of drug-likeness (QED) is 0.794. The molecule has 2 aromatic rings. The number of pyridine rings is 1. The predicted octanol–water partition coefficient (Wildman–Crippen LogP) is 1.07. The molecule has 0 bridgehead atoms. The topological polar surface area (TPSA) is 66.0 Å². The number of nitrogens with zero attached hydrogens (tertiary/aromatic N) is 3. The van der Waals surface area contributed by atoms with Crippen LogP contribution in [0, 0.1) is 0 Å². The van der Waals surface area contributed by atoms with Crippen LogP contribution in [0.2, 0.25) is 0 Å². The Morgan fingerprint density at radius 2 is 2.27 bits per heavy atom. The van der Waals surface area contributed by atoms with E-state index in [2.05, 4.69) is 10.1 Å². The summed E-state index contributed by atoms with van der Waals surface area (Å²) in [7, 11) is 3.43. The molecular weight excluding hydrogens is 192 g/mol. The molecule has 5 nitrogen and oxygen atoms in total. The molecule has 78 valence electrons. The van der Waals surface area contributed by atoms with E-state index in [0.717, 1.165) is 11.3 Å². The second-order valence-corrected chi connectivity index (χ2v) is 3.16. The molecule has 0 aromatic carbocycles. The van der Waals surface area contributed by atoms with Crippen molar-refractivity contribution in [3.05, 3.63) is 24.5 Å². The standard InChI is InChI=1S/C10H12N4O/c1-14-10(8(11)6-13-14)7-3-4-12-9(5-7)15-2/h3-6H,11H2,1-2H3. The van der Waals surface area contributed by atoms with Crippen molar-refractivity contribution in [2.75, 3.05) is 12.8 Å². The second kappa shape index (κ2) is 3.61. The molecule has 2 heterocycles. The van der Waals surface area contributed by atoms with Crippen molar-refractivity contribution in [2.24, 2.45) is 7.05 Å². The molecule has 2 rings (SSSR count). The van der Waals surface area contributed by atoms with Gasteiger partial charge in [-0.2, -0.15) is 5.10 Å². The van der Waals surface area contributed by atoms with E-state index < -0.39 is 0 Å². The molecule has 0 radical (unpaired) electrons. The molecule has 0 aliphatic heterocycles. The van der Waals surface area contributed by atoms with Gasteiger partial charge in [-0.05, 0) is 6.07 Å². The largest absolute Gasteiger partial charge is 0.481 e. The Kier molecular flexibility index (Phi) is 2.29. The van der Waals surface area contributed by atoms with E-state index >= 15 is 0 Å². The lowest BCUT2D eigenvalue weighted by Crippen LogP contribution is -1.96. The van der Waals surface area contributed by atoms with Crippen LogP contribution >= 0.6 is 0 Å². The summed E-state index contributed by atoms with van der Waals surface area (Å²) in [6.45, 7) is 0. The van der Waals surface area contributed by atoms with Gasteiger partial charge in [-0.3, -0.25) is 4.68 Å². The second-order valence-electron chi connectivity index (χ2n) is 3.16. The van der Waals surface area contributed by atoms with Crippen molar-refractivity contribution >= 4 is 5.69 Å². The van der Waals surface area contributed by atoms with Gasteiger partial charge in [-0.1, -0.05) is 0 Å². The van der Waals surface area contributed by atoms with E-state index in [-0.39, 0.29) is 0 Å². The number of methoxy groups -OCH3 is 1. The van der Waals surface area contributed by atoms with Crippen molar-refractivity contribution in [2.45, 2.75) is 0 Å². The Labute approximate surface area is 87.5 Å². The minimum absolute atomic E-state index is 0.563. The highest BCUT2D eigenvalue weighted by atomic mass is 16.5. The fourth-order valence-corrected chi connectivity index (χ4v) is 1.48. The van der Waals surface area contributed by atoms with Crippen LogP contribution in [0.25, 0.3) is 11.3 Å². The van der Waals surface area contributed by atoms with Gasteiger partial charge in [0.1, 0.15) is 0 Å². The van der Waals surface area contributed by atoms with Crippen molar-refractivity contribution in [1.82, 2.24) is 14.8 Å². The van der Waals surface area contributed by atoms with Crippen LogP contribution in [0.15, 0.2) is 24.5 Å². The first-order chi connectivity index (χ1) is 7.22. The molecular formula is C10H12N4O. The van der Waals surface area contributed by atoms with Gasteiger partial charge < -0.3 is 10.5 Å². The zero-order valence-corrected chi connectivity index (χ0v) is 8.64. The Morgan fingerprint density at radius 3 is 2.87 bits per heavy atom. The lowest BCUT2D eigenvalue weighted by Gasteiger charge is -2.05. The molecule has 0 saturated carbocycles. The third-order valence-corrected chi connectivity index (χ3v) is 2.18. The maximum absolute atomic E-state index is 5.82. The molecule has 0 unspecified atom stereocenters. The number of nitrogens with two attached hydrogens (primary N) is 1. The summed E-state index contributed by atoms with van der Waals surface area (Å²) in [5.41, 5.74) is 8.28. The lowest BCUT2D eigenvalue weighted by atomic mass is 10.2. The zero-order chi connectivity index (χ0) is 10.8. The van der Waals surface area contributed by atoms with Crippen molar-refractivity contribution in [1.29, 1.82) is 0 Å². The van der Waals surface area contributed by atoms with Gasteiger partial charge in [-0.15, -0.1) is 0 Å². The van der Waals surface area contributed by atoms with Crippen LogP contribution in [0.4, 0.5) is 5.69 Å². The Bertz CT molecular complexity index is 459. The number of nitrogen functional groups attached to an aromatic ring is 1. The van der Waals surface area contributed by atoms with Gasteiger partial charge in [0.15, 0.2) is 0 Å². The van der Waals surface area contributed by atoms with Gasteiger partial charge >= 0.3 is 0 Å². The molecule has 0 amide bonds. The number of aromatic nitrogens is 3. The number of ether oxygens (including phenoxy) is 1. The normalized spacial score (nSPS) is 10.3. The summed E-state index contributed by atoms with van der Waals surface area (Å²) in [6.07, 6.45) is 3.31. The van der Waals surface area contributed by atoms with Crippen LogP contribution in [0.3, 0.4) is 0 Å². The number of aryl methyl sites for hydroxylation is 1. The molecule has 15 heavy (non-hydrogen) atoms. The smallest absolute Gasteiger partial charge is 0.213 e. The number of anilines is 1.